The lowest BCUT2D eigenvalue weighted by atomic mass is 9.87. The van der Waals surface area contributed by atoms with Crippen LogP contribution in [0.15, 0.2) is 24.3 Å². The maximum absolute atomic E-state index is 14.0. The molecule has 6 aliphatic rings. The largest absolute Gasteiger partial charge is 0.488 e. The molecular weight excluding hydrogens is 839 g/mol. The Morgan fingerprint density at radius 1 is 0.677 bits per heavy atom. The number of amides is 4. The van der Waals surface area contributed by atoms with Crippen LogP contribution >= 0.6 is 23.2 Å². The molecule has 0 bridgehead atoms. The molecule has 8 atom stereocenters. The van der Waals surface area contributed by atoms with E-state index >= 15 is 0 Å². The number of alkyl carbamates (subject to hydrolysis) is 2. The van der Waals surface area contributed by atoms with Gasteiger partial charge in [-0.15, -0.1) is 0 Å². The van der Waals surface area contributed by atoms with Crippen LogP contribution in [0.2, 0.25) is 10.3 Å². The minimum Gasteiger partial charge on any atom is -0.488 e. The number of carbonyl (C=O) groups is 4. The van der Waals surface area contributed by atoms with E-state index in [-0.39, 0.29) is 61.0 Å². The molecule has 2 aromatic heterocycles. The highest BCUT2D eigenvalue weighted by molar-refractivity contribution is 6.32. The van der Waals surface area contributed by atoms with E-state index in [0.717, 1.165) is 59.1 Å². The topological polar surface area (TPSA) is 193 Å². The van der Waals surface area contributed by atoms with Gasteiger partial charge < -0.3 is 49.3 Å². The number of methoxy groups -OCH3 is 2. The van der Waals surface area contributed by atoms with Gasteiger partial charge in [-0.05, 0) is 73.6 Å². The van der Waals surface area contributed by atoms with E-state index in [4.69, 9.17) is 52.1 Å². The number of nitrogens with zero attached hydrogens (tertiary/aromatic N) is 4. The second-order valence-electron chi connectivity index (χ2n) is 18.0. The number of aromatic nitrogens is 4. The van der Waals surface area contributed by atoms with E-state index in [0.29, 0.717) is 56.7 Å². The highest BCUT2D eigenvalue weighted by Crippen LogP contribution is 2.56. The highest BCUT2D eigenvalue weighted by atomic mass is 35.5. The predicted molar refractivity (Wildman–Crippen MR) is 226 cm³/mol. The van der Waals surface area contributed by atoms with Gasteiger partial charge in [0.05, 0.1) is 26.3 Å². The van der Waals surface area contributed by atoms with E-state index in [1.807, 2.05) is 61.8 Å². The van der Waals surface area contributed by atoms with Crippen molar-refractivity contribution in [3.63, 3.8) is 0 Å². The van der Waals surface area contributed by atoms with Crippen molar-refractivity contribution in [2.75, 3.05) is 14.2 Å². The van der Waals surface area contributed by atoms with Gasteiger partial charge >= 0.3 is 12.2 Å². The second kappa shape index (κ2) is 15.1. The SMILES string of the molecule is COC(=O)N[C@H](C(=O)N1[C@H](c2nc(-c3cc4c5c(c3)OCc3cc(-c6nc([C@@H]7C[C@@H]8C[C@@H]8N7C(=O)[C@@H](NC(=O)OC)C(C)C)[nH]c6Cl)cc(c3-5)OC4)c(Cl)[nH]2)C[C@@H]2C[C@@H]21)C(C)C. The van der Waals surface area contributed by atoms with Crippen LogP contribution in [0.5, 0.6) is 11.5 Å². The summed E-state index contributed by atoms with van der Waals surface area (Å²) in [5.41, 5.74) is 6.29. The first kappa shape index (κ1) is 40.6. The number of benzene rings is 2. The monoisotopic (exact) mass is 886 g/mol. The number of likely N-dealkylation sites (tertiary alicyclic amines) is 2. The number of rotatable bonds is 10. The number of piperidine rings is 2. The van der Waals surface area contributed by atoms with Crippen molar-refractivity contribution in [1.29, 1.82) is 0 Å². The van der Waals surface area contributed by atoms with Crippen LogP contribution in [-0.2, 0) is 32.3 Å². The molecule has 62 heavy (non-hydrogen) atoms. The van der Waals surface area contributed by atoms with Gasteiger partial charge in [-0.3, -0.25) is 9.59 Å². The molecule has 16 nitrogen and oxygen atoms in total. The average molecular weight is 888 g/mol. The first-order valence-corrected chi connectivity index (χ1v) is 21.9. The standard InChI is InChI=1S/C44H48Cl2N8O8/c1-17(2)33(49-43(57)59-5)41(55)53-25-9-19(25)11-27(53)39-47-35(37(45)51-39)21-7-23-15-62-30-14-22(8-24-16-61-29(13-21)31(23)32(24)30)36-38(46)52-40(48-36)28-12-20-10-26(20)54(28)42(56)34(18(3)4)50-44(58)60-6/h7-8,13-14,17-20,25-28,33-34H,9-12,15-16H2,1-6H3,(H,47,51)(H,48,52)(H,49,57)(H,50,58)/t19-,20-,25-,26-,27-,28-,33-,34-/m0/s1. The molecule has 4 fully saturated rings. The number of hydrogen-bond acceptors (Lipinski definition) is 10. The molecule has 2 saturated heterocycles. The molecule has 4 amide bonds. The summed E-state index contributed by atoms with van der Waals surface area (Å²) in [4.78, 5) is 72.5. The number of aromatic amines is 2. The molecule has 18 heteroatoms. The number of halogens is 2. The molecule has 0 radical (unpaired) electrons. The van der Waals surface area contributed by atoms with Crippen molar-refractivity contribution in [3.8, 4) is 45.1 Å². The van der Waals surface area contributed by atoms with Gasteiger partial charge in [-0.2, -0.15) is 0 Å². The fraction of sp³-hybridized carbons (Fsp3) is 0.500. The van der Waals surface area contributed by atoms with Crippen LogP contribution in [0, 0.1) is 23.7 Å². The molecule has 0 unspecified atom stereocenters. The van der Waals surface area contributed by atoms with Crippen LogP contribution in [-0.4, -0.2) is 92.1 Å². The van der Waals surface area contributed by atoms with Crippen molar-refractivity contribution < 1.29 is 38.1 Å². The summed E-state index contributed by atoms with van der Waals surface area (Å²) in [5, 5.41) is 6.15. The Labute approximate surface area is 367 Å². The minimum atomic E-state index is -0.745. The molecule has 10 rings (SSSR count). The molecule has 326 valence electrons. The van der Waals surface area contributed by atoms with Gasteiger partial charge in [0.15, 0.2) is 0 Å². The molecule has 2 aliphatic carbocycles. The maximum atomic E-state index is 14.0. The quantitative estimate of drug-likeness (QED) is 0.126. The van der Waals surface area contributed by atoms with Crippen molar-refractivity contribution in [2.24, 2.45) is 23.7 Å². The molecule has 0 spiro atoms. The number of nitrogens with one attached hydrogen (secondary N) is 4. The Hall–Kier alpha value is -5.48. The summed E-state index contributed by atoms with van der Waals surface area (Å²) >= 11 is 13.8. The zero-order valence-electron chi connectivity index (χ0n) is 35.1. The average Bonchev–Trinajstić information content (AvgIpc) is 3.96. The van der Waals surface area contributed by atoms with Crippen LogP contribution in [0.3, 0.4) is 0 Å². The Balaban J connectivity index is 0.915. The van der Waals surface area contributed by atoms with Gasteiger partial charge in [0.25, 0.3) is 0 Å². The summed E-state index contributed by atoms with van der Waals surface area (Å²) in [6, 6.07) is 5.96. The fourth-order valence-electron chi connectivity index (χ4n) is 10.1. The zero-order valence-corrected chi connectivity index (χ0v) is 36.6. The third-order valence-corrected chi connectivity index (χ3v) is 14.0. The Morgan fingerprint density at radius 3 is 1.45 bits per heavy atom. The van der Waals surface area contributed by atoms with Crippen molar-refractivity contribution in [2.45, 2.75) is 103 Å². The number of H-pyrrole nitrogens is 2. The lowest BCUT2D eigenvalue weighted by Crippen LogP contribution is -2.52. The minimum absolute atomic E-state index is 0.0832. The fourth-order valence-corrected chi connectivity index (χ4v) is 10.6. The Morgan fingerprint density at radius 2 is 1.08 bits per heavy atom. The van der Waals surface area contributed by atoms with Gasteiger partial charge in [-0.25, -0.2) is 19.6 Å². The molecule has 4 aromatic rings. The molecule has 2 aromatic carbocycles. The highest BCUT2D eigenvalue weighted by Gasteiger charge is 2.57. The van der Waals surface area contributed by atoms with Crippen molar-refractivity contribution in [3.05, 3.63) is 57.3 Å². The van der Waals surface area contributed by atoms with E-state index < -0.39 is 24.3 Å². The molecule has 2 saturated carbocycles. The number of hydrogen-bond donors (Lipinski definition) is 4. The maximum Gasteiger partial charge on any atom is 0.407 e. The van der Waals surface area contributed by atoms with Gasteiger partial charge in [0.1, 0.15) is 70.1 Å². The number of ether oxygens (including phenoxy) is 4. The summed E-state index contributed by atoms with van der Waals surface area (Å²) in [6.45, 7) is 8.10. The summed E-state index contributed by atoms with van der Waals surface area (Å²) in [7, 11) is 2.56. The summed E-state index contributed by atoms with van der Waals surface area (Å²) < 4.78 is 22.5. The summed E-state index contributed by atoms with van der Waals surface area (Å²) in [5.74, 6) is 2.63. The van der Waals surface area contributed by atoms with E-state index in [2.05, 4.69) is 20.6 Å². The zero-order chi connectivity index (χ0) is 43.5. The van der Waals surface area contributed by atoms with Gasteiger partial charge in [0, 0.05) is 45.5 Å². The molecule has 4 aliphatic heterocycles. The third kappa shape index (κ3) is 6.71. The normalized spacial score (nSPS) is 24.4. The molecule has 6 heterocycles. The van der Waals surface area contributed by atoms with Gasteiger partial charge in [-0.1, -0.05) is 50.9 Å². The Bertz CT molecular complexity index is 2320. The van der Waals surface area contributed by atoms with E-state index in [9.17, 15) is 19.2 Å². The predicted octanol–water partition coefficient (Wildman–Crippen LogP) is 7.31. The van der Waals surface area contributed by atoms with Crippen molar-refractivity contribution in [1.82, 2.24) is 40.4 Å². The first-order chi connectivity index (χ1) is 29.7. The van der Waals surface area contributed by atoms with Crippen LogP contribution < -0.4 is 20.1 Å². The second-order valence-corrected chi connectivity index (χ2v) is 18.8. The first-order valence-electron chi connectivity index (χ1n) is 21.2. The lowest BCUT2D eigenvalue weighted by Gasteiger charge is -2.32. The van der Waals surface area contributed by atoms with Gasteiger partial charge in [0.2, 0.25) is 11.8 Å². The van der Waals surface area contributed by atoms with Crippen LogP contribution in [0.1, 0.15) is 88.2 Å². The molecular formula is C44H48Cl2N8O8. The Kier molecular flexibility index (Phi) is 9.89. The van der Waals surface area contributed by atoms with Crippen LogP contribution in [0.4, 0.5) is 9.59 Å². The number of imidazole rings is 2. The molecule has 4 N–H and O–H groups in total. The summed E-state index contributed by atoms with van der Waals surface area (Å²) in [6.07, 6.45) is 2.02. The smallest absolute Gasteiger partial charge is 0.407 e. The number of fused-ring (bicyclic) bond motifs is 2. The van der Waals surface area contributed by atoms with Crippen LogP contribution in [0.25, 0.3) is 33.6 Å². The number of carbonyl (C=O) groups excluding carboxylic acids is 4. The van der Waals surface area contributed by atoms with Crippen molar-refractivity contribution >= 4 is 47.2 Å². The lowest BCUT2D eigenvalue weighted by molar-refractivity contribution is -0.137. The third-order valence-electron chi connectivity index (χ3n) is 13.4. The van der Waals surface area contributed by atoms with E-state index in [1.54, 1.807) is 0 Å². The van der Waals surface area contributed by atoms with E-state index in [1.165, 1.54) is 14.2 Å².